The van der Waals surface area contributed by atoms with Crippen LogP contribution in [0, 0.1) is 5.41 Å². The average Bonchev–Trinajstić information content (AvgIpc) is 2.14. The Labute approximate surface area is 82.6 Å². The molecule has 0 aliphatic heterocycles. The maximum absolute atomic E-state index is 11.8. The third-order valence-electron chi connectivity index (χ3n) is 1.29. The first-order valence-corrected chi connectivity index (χ1v) is 3.75. The van der Waals surface area contributed by atoms with Gasteiger partial charge in [0.05, 0.1) is 0 Å². The minimum atomic E-state index is -4.47. The van der Waals surface area contributed by atoms with Crippen LogP contribution in [0.4, 0.5) is 13.2 Å². The van der Waals surface area contributed by atoms with Gasteiger partial charge in [0.25, 0.3) is 0 Å². The number of ether oxygens (including phenoxy) is 1. The van der Waals surface area contributed by atoms with Gasteiger partial charge >= 0.3 is 6.18 Å². The Morgan fingerprint density at radius 3 is 2.53 bits per heavy atom. The molecule has 1 heterocycles. The number of aromatic nitrogens is 2. The number of hydrogen-bond donors (Lipinski definition) is 2. The van der Waals surface area contributed by atoms with Crippen LogP contribution in [0.3, 0.4) is 0 Å². The zero-order valence-corrected chi connectivity index (χ0v) is 7.38. The van der Waals surface area contributed by atoms with E-state index in [1.54, 1.807) is 0 Å². The van der Waals surface area contributed by atoms with Crippen LogP contribution < -0.4 is 10.5 Å². The monoisotopic (exact) mass is 220 g/mol. The van der Waals surface area contributed by atoms with Gasteiger partial charge in [-0.2, -0.15) is 13.2 Å². The summed E-state index contributed by atoms with van der Waals surface area (Å²) in [6, 6.07) is 0. The van der Waals surface area contributed by atoms with Gasteiger partial charge in [-0.1, -0.05) is 0 Å². The van der Waals surface area contributed by atoms with E-state index in [0.717, 1.165) is 6.20 Å². The summed E-state index contributed by atoms with van der Waals surface area (Å²) in [5.41, 5.74) is 4.87. The highest BCUT2D eigenvalue weighted by atomic mass is 19.4. The molecular formula is C7H7F3N4O. The van der Waals surface area contributed by atoms with Gasteiger partial charge in [-0.25, -0.2) is 9.97 Å². The van der Waals surface area contributed by atoms with E-state index >= 15 is 0 Å². The van der Waals surface area contributed by atoms with Crippen molar-refractivity contribution in [3.05, 3.63) is 18.1 Å². The molecule has 0 atom stereocenters. The summed E-state index contributed by atoms with van der Waals surface area (Å²) in [4.78, 5) is 7.07. The van der Waals surface area contributed by atoms with Crippen molar-refractivity contribution in [2.24, 2.45) is 5.73 Å². The predicted octanol–water partition coefficient (Wildman–Crippen LogP) is 0.702. The van der Waals surface area contributed by atoms with Crippen molar-refractivity contribution in [3.63, 3.8) is 0 Å². The van der Waals surface area contributed by atoms with Crippen LogP contribution in [-0.2, 0) is 0 Å². The lowest BCUT2D eigenvalue weighted by Gasteiger charge is -2.09. The van der Waals surface area contributed by atoms with Crippen molar-refractivity contribution in [2.45, 2.75) is 6.18 Å². The van der Waals surface area contributed by atoms with Gasteiger partial charge in [0, 0.05) is 12.4 Å². The van der Waals surface area contributed by atoms with E-state index in [1.165, 1.54) is 6.20 Å². The third kappa shape index (κ3) is 3.41. The molecule has 0 saturated heterocycles. The van der Waals surface area contributed by atoms with Crippen molar-refractivity contribution < 1.29 is 17.9 Å². The predicted molar refractivity (Wildman–Crippen MR) is 44.6 cm³/mol. The van der Waals surface area contributed by atoms with Crippen LogP contribution in [0.2, 0.25) is 0 Å². The number of alkyl halides is 3. The molecule has 1 aromatic heterocycles. The number of nitrogens with one attached hydrogen (secondary N) is 1. The highest BCUT2D eigenvalue weighted by Crippen LogP contribution is 2.18. The maximum atomic E-state index is 11.8. The quantitative estimate of drug-likeness (QED) is 0.580. The Morgan fingerprint density at radius 1 is 1.40 bits per heavy atom. The van der Waals surface area contributed by atoms with Crippen molar-refractivity contribution in [1.29, 1.82) is 5.41 Å². The molecule has 0 aliphatic rings. The zero-order valence-electron chi connectivity index (χ0n) is 7.38. The van der Waals surface area contributed by atoms with Crippen LogP contribution in [0.5, 0.6) is 5.88 Å². The first-order valence-electron chi connectivity index (χ1n) is 3.75. The fourth-order valence-electron chi connectivity index (χ4n) is 0.766. The molecule has 15 heavy (non-hydrogen) atoms. The maximum Gasteiger partial charge on any atom is 0.422 e. The Hall–Kier alpha value is -1.86. The van der Waals surface area contributed by atoms with Gasteiger partial charge in [0.2, 0.25) is 5.88 Å². The summed E-state index contributed by atoms with van der Waals surface area (Å²) in [6.07, 6.45) is -2.11. The number of nitrogens with two attached hydrogens (primary N) is 1. The molecule has 0 aliphatic carbocycles. The molecule has 0 spiro atoms. The molecule has 1 aromatic rings. The minimum Gasteiger partial charge on any atom is -0.466 e. The normalized spacial score (nSPS) is 11.1. The molecule has 0 saturated carbocycles. The number of halogens is 3. The van der Waals surface area contributed by atoms with Gasteiger partial charge in [0.15, 0.2) is 12.3 Å². The topological polar surface area (TPSA) is 84.9 Å². The number of rotatable bonds is 3. The summed E-state index contributed by atoms with van der Waals surface area (Å²) in [5, 5.41) is 7.02. The van der Waals surface area contributed by atoms with Crippen LogP contribution in [-0.4, -0.2) is 28.6 Å². The Kier molecular flexibility index (Phi) is 3.08. The van der Waals surface area contributed by atoms with E-state index in [1.807, 2.05) is 0 Å². The molecule has 0 radical (unpaired) electrons. The Bertz CT molecular complexity index is 365. The van der Waals surface area contributed by atoms with Crippen molar-refractivity contribution >= 4 is 5.84 Å². The molecule has 3 N–H and O–H groups in total. The average molecular weight is 220 g/mol. The minimum absolute atomic E-state index is 0.207. The molecule has 0 unspecified atom stereocenters. The largest absolute Gasteiger partial charge is 0.466 e. The molecule has 8 heteroatoms. The number of amidine groups is 1. The summed E-state index contributed by atoms with van der Waals surface area (Å²) in [7, 11) is 0. The lowest BCUT2D eigenvalue weighted by atomic mass is 10.4. The van der Waals surface area contributed by atoms with Gasteiger partial charge in [-0.3, -0.25) is 5.41 Å². The van der Waals surface area contributed by atoms with Gasteiger partial charge < -0.3 is 10.5 Å². The second kappa shape index (κ2) is 4.11. The van der Waals surface area contributed by atoms with Crippen LogP contribution in [0.25, 0.3) is 0 Å². The number of hydrogen-bond acceptors (Lipinski definition) is 4. The lowest BCUT2D eigenvalue weighted by molar-refractivity contribution is -0.154. The second-order valence-electron chi connectivity index (χ2n) is 2.53. The summed E-state index contributed by atoms with van der Waals surface area (Å²) < 4.78 is 39.8. The second-order valence-corrected chi connectivity index (χ2v) is 2.53. The van der Waals surface area contributed by atoms with Crippen LogP contribution in [0.1, 0.15) is 5.69 Å². The van der Waals surface area contributed by atoms with Crippen molar-refractivity contribution in [1.82, 2.24) is 9.97 Å². The van der Waals surface area contributed by atoms with E-state index in [4.69, 9.17) is 11.1 Å². The molecular weight excluding hydrogens is 213 g/mol. The molecule has 0 aromatic carbocycles. The highest BCUT2D eigenvalue weighted by Gasteiger charge is 2.29. The fraction of sp³-hybridized carbons (Fsp3) is 0.286. The Balaban J connectivity index is 2.81. The van der Waals surface area contributed by atoms with Gasteiger partial charge in [0.1, 0.15) is 5.84 Å². The van der Waals surface area contributed by atoms with E-state index in [2.05, 4.69) is 14.7 Å². The number of nitrogens with zero attached hydrogens (tertiary/aromatic N) is 2. The van der Waals surface area contributed by atoms with Gasteiger partial charge in [-0.05, 0) is 0 Å². The van der Waals surface area contributed by atoms with E-state index < -0.39 is 24.5 Å². The van der Waals surface area contributed by atoms with Crippen LogP contribution in [0.15, 0.2) is 12.4 Å². The first-order chi connectivity index (χ1) is 6.90. The molecule has 0 bridgehead atoms. The number of nitrogen functional groups attached to an aromatic ring is 1. The lowest BCUT2D eigenvalue weighted by Crippen LogP contribution is -2.22. The van der Waals surface area contributed by atoms with E-state index in [-0.39, 0.29) is 5.69 Å². The third-order valence-corrected chi connectivity index (χ3v) is 1.29. The van der Waals surface area contributed by atoms with Crippen LogP contribution >= 0.6 is 0 Å². The molecule has 0 fully saturated rings. The standard InChI is InChI=1S/C7H7F3N4O/c8-7(9,10)3-15-6-4(5(11)12)13-1-2-14-6/h1-2H,3H2,(H3,11,12). The molecule has 1 rings (SSSR count). The molecule has 0 amide bonds. The fourth-order valence-corrected chi connectivity index (χ4v) is 0.766. The Morgan fingerprint density at radius 2 is 2.00 bits per heavy atom. The summed E-state index contributed by atoms with van der Waals surface area (Å²) >= 11 is 0. The SMILES string of the molecule is N=C(N)c1nccnc1OCC(F)(F)F. The van der Waals surface area contributed by atoms with Gasteiger partial charge in [-0.15, -0.1) is 0 Å². The van der Waals surface area contributed by atoms with E-state index in [0.29, 0.717) is 0 Å². The van der Waals surface area contributed by atoms with Crippen molar-refractivity contribution in [3.8, 4) is 5.88 Å². The summed E-state index contributed by atoms with van der Waals surface area (Å²) in [5.74, 6) is -0.900. The zero-order chi connectivity index (χ0) is 11.5. The van der Waals surface area contributed by atoms with E-state index in [9.17, 15) is 13.2 Å². The summed E-state index contributed by atoms with van der Waals surface area (Å²) in [6.45, 7) is -1.49. The highest BCUT2D eigenvalue weighted by molar-refractivity contribution is 5.94. The molecule has 82 valence electrons. The first kappa shape index (κ1) is 11.2. The molecule has 5 nitrogen and oxygen atoms in total. The smallest absolute Gasteiger partial charge is 0.422 e. The van der Waals surface area contributed by atoms with Crippen molar-refractivity contribution in [2.75, 3.05) is 6.61 Å².